The van der Waals surface area contributed by atoms with Crippen molar-refractivity contribution in [2.24, 2.45) is 11.3 Å². The summed E-state index contributed by atoms with van der Waals surface area (Å²) in [5.41, 5.74) is 0.000952. The minimum absolute atomic E-state index is 0.000952. The van der Waals surface area contributed by atoms with Crippen LogP contribution in [0.2, 0.25) is 0 Å². The van der Waals surface area contributed by atoms with Gasteiger partial charge in [0, 0.05) is 24.0 Å². The van der Waals surface area contributed by atoms with Crippen molar-refractivity contribution in [2.45, 2.75) is 45.4 Å². The van der Waals surface area contributed by atoms with Crippen LogP contribution in [0.1, 0.15) is 27.2 Å². The summed E-state index contributed by atoms with van der Waals surface area (Å²) >= 11 is 0. The van der Waals surface area contributed by atoms with E-state index in [9.17, 15) is 4.79 Å². The monoisotopic (exact) mass is 242 g/mol. The number of amides is 2. The summed E-state index contributed by atoms with van der Waals surface area (Å²) in [6.45, 7) is 6.77. The lowest BCUT2D eigenvalue weighted by Gasteiger charge is -2.54. The van der Waals surface area contributed by atoms with E-state index in [2.05, 4.69) is 24.5 Å². The maximum Gasteiger partial charge on any atom is 0.315 e. The first-order chi connectivity index (χ1) is 7.96. The molecule has 0 spiro atoms. The van der Waals surface area contributed by atoms with E-state index in [4.69, 9.17) is 9.84 Å². The molecule has 2 fully saturated rings. The number of aliphatic hydroxyl groups excluding tert-OH is 1. The molecule has 1 heterocycles. The molecule has 2 aliphatic rings. The molecule has 3 N–H and O–H groups in total. The van der Waals surface area contributed by atoms with E-state index in [1.165, 1.54) is 0 Å². The zero-order valence-electron chi connectivity index (χ0n) is 10.7. The Bertz CT molecular complexity index is 306. The third kappa shape index (κ3) is 2.13. The molecular formula is C12H22N2O3. The number of fused-ring (bicyclic) bond motifs is 1. The van der Waals surface area contributed by atoms with E-state index in [1.54, 1.807) is 6.92 Å². The first-order valence-corrected chi connectivity index (χ1v) is 6.26. The fourth-order valence-electron chi connectivity index (χ4n) is 3.07. The number of rotatable bonds is 3. The number of urea groups is 1. The molecule has 2 rings (SSSR count). The molecule has 17 heavy (non-hydrogen) atoms. The summed E-state index contributed by atoms with van der Waals surface area (Å²) in [6.07, 6.45) is 1.30. The number of ether oxygens (including phenoxy) is 1. The highest BCUT2D eigenvalue weighted by Crippen LogP contribution is 2.51. The summed E-state index contributed by atoms with van der Waals surface area (Å²) < 4.78 is 5.67. The molecule has 0 aromatic rings. The van der Waals surface area contributed by atoms with Crippen molar-refractivity contribution in [3.05, 3.63) is 0 Å². The summed E-state index contributed by atoms with van der Waals surface area (Å²) in [6, 6.07) is -0.246. The number of hydrogen-bond donors (Lipinski definition) is 3. The molecule has 0 radical (unpaired) electrons. The number of hydrogen-bond acceptors (Lipinski definition) is 3. The van der Waals surface area contributed by atoms with Gasteiger partial charge in [0.2, 0.25) is 0 Å². The Morgan fingerprint density at radius 1 is 1.59 bits per heavy atom. The molecular weight excluding hydrogens is 220 g/mol. The van der Waals surface area contributed by atoms with E-state index in [1.807, 2.05) is 0 Å². The van der Waals surface area contributed by atoms with Gasteiger partial charge in [0.15, 0.2) is 0 Å². The topological polar surface area (TPSA) is 70.6 Å². The standard InChI is InChI=1S/C12H22N2O3/c1-7(6-15)13-11(16)14-9-8-4-5-17-10(8)12(9,2)3/h7-10,15H,4-6H2,1-3H3,(H2,13,14,16)/t7-,8?,9?,10?/m0/s1. The smallest absolute Gasteiger partial charge is 0.315 e. The fraction of sp³-hybridized carbons (Fsp3) is 0.917. The van der Waals surface area contributed by atoms with Crippen LogP contribution in [0, 0.1) is 11.3 Å². The van der Waals surface area contributed by atoms with E-state index < -0.39 is 0 Å². The van der Waals surface area contributed by atoms with Gasteiger partial charge in [-0.2, -0.15) is 0 Å². The van der Waals surface area contributed by atoms with Gasteiger partial charge in [-0.3, -0.25) is 0 Å². The van der Waals surface area contributed by atoms with Crippen LogP contribution in [0.3, 0.4) is 0 Å². The Kier molecular flexibility index (Phi) is 3.32. The molecule has 5 nitrogen and oxygen atoms in total. The van der Waals surface area contributed by atoms with Crippen LogP contribution >= 0.6 is 0 Å². The minimum atomic E-state index is -0.214. The molecule has 98 valence electrons. The van der Waals surface area contributed by atoms with Gasteiger partial charge in [0.25, 0.3) is 0 Å². The van der Waals surface area contributed by atoms with E-state index in [0.29, 0.717) is 5.92 Å². The first kappa shape index (κ1) is 12.6. The van der Waals surface area contributed by atoms with Crippen molar-refractivity contribution in [3.63, 3.8) is 0 Å². The van der Waals surface area contributed by atoms with Crippen molar-refractivity contribution < 1.29 is 14.6 Å². The highest BCUT2D eigenvalue weighted by molar-refractivity contribution is 5.75. The van der Waals surface area contributed by atoms with Crippen LogP contribution in [0.25, 0.3) is 0 Å². The lowest BCUT2D eigenvalue weighted by atomic mass is 9.57. The summed E-state index contributed by atoms with van der Waals surface area (Å²) in [5, 5.41) is 14.6. The van der Waals surface area contributed by atoms with Gasteiger partial charge in [-0.25, -0.2) is 4.79 Å². The second-order valence-corrected chi connectivity index (χ2v) is 5.74. The second-order valence-electron chi connectivity index (χ2n) is 5.74. The molecule has 0 aromatic carbocycles. The van der Waals surface area contributed by atoms with Gasteiger partial charge in [-0.1, -0.05) is 13.8 Å². The van der Waals surface area contributed by atoms with Crippen LogP contribution in [0.4, 0.5) is 4.79 Å². The first-order valence-electron chi connectivity index (χ1n) is 6.26. The van der Waals surface area contributed by atoms with Crippen molar-refractivity contribution >= 4 is 6.03 Å². The largest absolute Gasteiger partial charge is 0.394 e. The highest BCUT2D eigenvalue weighted by Gasteiger charge is 2.59. The molecule has 1 saturated heterocycles. The fourth-order valence-corrected chi connectivity index (χ4v) is 3.07. The quantitative estimate of drug-likeness (QED) is 0.674. The normalized spacial score (nSPS) is 35.6. The Morgan fingerprint density at radius 2 is 2.29 bits per heavy atom. The van der Waals surface area contributed by atoms with Gasteiger partial charge >= 0.3 is 6.03 Å². The zero-order chi connectivity index (χ0) is 12.6. The SMILES string of the molecule is C[C@@H](CO)NC(=O)NC1C2CCOC2C1(C)C. The van der Waals surface area contributed by atoms with Gasteiger partial charge in [-0.05, 0) is 13.3 Å². The van der Waals surface area contributed by atoms with Crippen LogP contribution in [0.15, 0.2) is 0 Å². The molecule has 4 atom stereocenters. The molecule has 1 aliphatic heterocycles. The highest BCUT2D eigenvalue weighted by atomic mass is 16.5. The lowest BCUT2D eigenvalue weighted by molar-refractivity contribution is -0.108. The molecule has 2 amide bonds. The predicted octanol–water partition coefficient (Wildman–Crippen LogP) is 0.480. The lowest BCUT2D eigenvalue weighted by Crippen LogP contribution is -2.68. The minimum Gasteiger partial charge on any atom is -0.394 e. The Balaban J connectivity index is 1.89. The molecule has 1 aliphatic carbocycles. The molecule has 1 saturated carbocycles. The molecule has 0 aromatic heterocycles. The molecule has 3 unspecified atom stereocenters. The van der Waals surface area contributed by atoms with Crippen LogP contribution in [0.5, 0.6) is 0 Å². The van der Waals surface area contributed by atoms with Crippen molar-refractivity contribution in [1.29, 1.82) is 0 Å². The number of aliphatic hydroxyl groups is 1. The Labute approximate surface area is 102 Å². The predicted molar refractivity (Wildman–Crippen MR) is 63.6 cm³/mol. The second kappa shape index (κ2) is 4.46. The van der Waals surface area contributed by atoms with Crippen LogP contribution in [-0.4, -0.2) is 42.5 Å². The Morgan fingerprint density at radius 3 is 2.94 bits per heavy atom. The Hall–Kier alpha value is -0.810. The summed E-state index contributed by atoms with van der Waals surface area (Å²) in [4.78, 5) is 11.7. The third-order valence-electron chi connectivity index (χ3n) is 4.04. The number of nitrogens with one attached hydrogen (secondary N) is 2. The number of carbonyl (C=O) groups is 1. The van der Waals surface area contributed by atoms with Crippen LogP contribution < -0.4 is 10.6 Å². The van der Waals surface area contributed by atoms with E-state index in [-0.39, 0.29) is 36.2 Å². The van der Waals surface area contributed by atoms with E-state index in [0.717, 1.165) is 13.0 Å². The molecule has 0 bridgehead atoms. The van der Waals surface area contributed by atoms with Gasteiger partial charge in [0.1, 0.15) is 0 Å². The maximum absolute atomic E-state index is 11.7. The van der Waals surface area contributed by atoms with Gasteiger partial charge in [-0.15, -0.1) is 0 Å². The number of carbonyl (C=O) groups excluding carboxylic acids is 1. The van der Waals surface area contributed by atoms with E-state index >= 15 is 0 Å². The third-order valence-corrected chi connectivity index (χ3v) is 4.04. The summed E-state index contributed by atoms with van der Waals surface area (Å²) in [5.74, 6) is 0.445. The molecule has 5 heteroatoms. The van der Waals surface area contributed by atoms with Gasteiger partial charge in [0.05, 0.1) is 18.8 Å². The average molecular weight is 242 g/mol. The van der Waals surface area contributed by atoms with Crippen molar-refractivity contribution in [3.8, 4) is 0 Å². The average Bonchev–Trinajstić information content (AvgIpc) is 2.72. The van der Waals surface area contributed by atoms with Crippen molar-refractivity contribution in [1.82, 2.24) is 10.6 Å². The summed E-state index contributed by atoms with van der Waals surface area (Å²) in [7, 11) is 0. The maximum atomic E-state index is 11.7. The van der Waals surface area contributed by atoms with Gasteiger partial charge < -0.3 is 20.5 Å². The zero-order valence-corrected chi connectivity index (χ0v) is 10.7. The van der Waals surface area contributed by atoms with Crippen molar-refractivity contribution in [2.75, 3.05) is 13.2 Å². The van der Waals surface area contributed by atoms with Crippen LogP contribution in [-0.2, 0) is 4.74 Å².